The van der Waals surface area contributed by atoms with Crippen LogP contribution in [0.5, 0.6) is 5.88 Å². The molecule has 0 bridgehead atoms. The summed E-state index contributed by atoms with van der Waals surface area (Å²) in [5.41, 5.74) is 0. The highest BCUT2D eigenvalue weighted by atomic mass is 16.5. The Morgan fingerprint density at radius 2 is 2.14 bits per heavy atom. The third kappa shape index (κ3) is 3.04. The molecule has 7 heteroatoms. The Kier molecular flexibility index (Phi) is 4.24. The van der Waals surface area contributed by atoms with E-state index in [0.29, 0.717) is 11.9 Å². The van der Waals surface area contributed by atoms with Gasteiger partial charge in [-0.25, -0.2) is 9.97 Å². The quantitative estimate of drug-likeness (QED) is 0.837. The van der Waals surface area contributed by atoms with Crippen LogP contribution in [-0.2, 0) is 13.6 Å². The van der Waals surface area contributed by atoms with E-state index in [1.165, 1.54) is 0 Å². The van der Waals surface area contributed by atoms with Gasteiger partial charge in [0, 0.05) is 57.4 Å². The second-order valence-electron chi connectivity index (χ2n) is 5.62. The predicted octanol–water partition coefficient (Wildman–Crippen LogP) is 0.929. The van der Waals surface area contributed by atoms with Crippen molar-refractivity contribution in [2.24, 2.45) is 7.05 Å². The molecule has 0 aromatic carbocycles. The lowest BCUT2D eigenvalue weighted by Crippen LogP contribution is -2.52. The van der Waals surface area contributed by atoms with Crippen LogP contribution in [-0.4, -0.2) is 57.2 Å². The van der Waals surface area contributed by atoms with Gasteiger partial charge in [0.25, 0.3) is 0 Å². The Hall–Kier alpha value is -2.15. The summed E-state index contributed by atoms with van der Waals surface area (Å²) in [4.78, 5) is 17.8. The molecule has 1 fully saturated rings. The number of methoxy groups -OCH3 is 1. The number of ether oxygens (including phenoxy) is 1. The molecule has 1 aliphatic heterocycles. The Bertz CT molecular complexity index is 628. The first kappa shape index (κ1) is 14.8. The first-order chi connectivity index (χ1) is 10.7. The maximum Gasteiger partial charge on any atom is 0.228 e. The lowest BCUT2D eigenvalue weighted by Gasteiger charge is -2.39. The van der Waals surface area contributed by atoms with Crippen molar-refractivity contribution >= 4 is 5.95 Å². The molecule has 22 heavy (non-hydrogen) atoms. The predicted molar refractivity (Wildman–Crippen MR) is 83.9 cm³/mol. The summed E-state index contributed by atoms with van der Waals surface area (Å²) in [6.07, 6.45) is 5.58. The minimum atomic E-state index is 0.417. The monoisotopic (exact) mass is 302 g/mol. The zero-order valence-corrected chi connectivity index (χ0v) is 13.3. The first-order valence-electron chi connectivity index (χ1n) is 7.49. The van der Waals surface area contributed by atoms with E-state index in [4.69, 9.17) is 4.74 Å². The van der Waals surface area contributed by atoms with Crippen LogP contribution in [0.1, 0.15) is 12.7 Å². The van der Waals surface area contributed by atoms with Crippen molar-refractivity contribution in [3.63, 3.8) is 0 Å². The number of imidazole rings is 1. The number of aryl methyl sites for hydroxylation is 1. The first-order valence-corrected chi connectivity index (χ1v) is 7.49. The van der Waals surface area contributed by atoms with Gasteiger partial charge < -0.3 is 14.2 Å². The molecule has 1 atom stereocenters. The minimum absolute atomic E-state index is 0.417. The number of aromatic nitrogens is 4. The Labute approximate surface area is 130 Å². The van der Waals surface area contributed by atoms with E-state index in [9.17, 15) is 0 Å². The van der Waals surface area contributed by atoms with E-state index in [2.05, 4.69) is 36.2 Å². The van der Waals surface area contributed by atoms with Gasteiger partial charge in [0.05, 0.1) is 13.7 Å². The second-order valence-corrected chi connectivity index (χ2v) is 5.62. The van der Waals surface area contributed by atoms with Crippen molar-refractivity contribution in [2.75, 3.05) is 31.6 Å². The van der Waals surface area contributed by atoms with Crippen molar-refractivity contribution in [2.45, 2.75) is 19.5 Å². The van der Waals surface area contributed by atoms with E-state index in [1.807, 2.05) is 19.4 Å². The largest absolute Gasteiger partial charge is 0.481 e. The lowest BCUT2D eigenvalue weighted by atomic mass is 10.2. The lowest BCUT2D eigenvalue weighted by molar-refractivity contribution is 0.174. The molecule has 0 unspecified atom stereocenters. The fourth-order valence-corrected chi connectivity index (χ4v) is 2.74. The normalized spacial score (nSPS) is 19.4. The van der Waals surface area contributed by atoms with Gasteiger partial charge in [0.15, 0.2) is 0 Å². The summed E-state index contributed by atoms with van der Waals surface area (Å²) < 4.78 is 7.25. The molecule has 1 aliphatic rings. The van der Waals surface area contributed by atoms with Crippen molar-refractivity contribution < 1.29 is 4.74 Å². The van der Waals surface area contributed by atoms with Crippen LogP contribution in [0.4, 0.5) is 5.95 Å². The number of anilines is 1. The summed E-state index contributed by atoms with van der Waals surface area (Å²) in [7, 11) is 3.66. The van der Waals surface area contributed by atoms with E-state index in [0.717, 1.165) is 38.0 Å². The SMILES string of the molecule is COc1ccnc(N2CCN(Cc3nccn3C)[C@H](C)C2)n1. The molecular formula is C15H22N6O. The van der Waals surface area contributed by atoms with Gasteiger partial charge in [0.1, 0.15) is 5.82 Å². The summed E-state index contributed by atoms with van der Waals surface area (Å²) >= 11 is 0. The highest BCUT2D eigenvalue weighted by molar-refractivity contribution is 5.33. The van der Waals surface area contributed by atoms with E-state index in [-0.39, 0.29) is 0 Å². The van der Waals surface area contributed by atoms with Crippen LogP contribution in [0.2, 0.25) is 0 Å². The number of rotatable bonds is 4. The van der Waals surface area contributed by atoms with Gasteiger partial charge in [-0.2, -0.15) is 4.98 Å². The van der Waals surface area contributed by atoms with Gasteiger partial charge in [-0.05, 0) is 6.92 Å². The van der Waals surface area contributed by atoms with Crippen LogP contribution >= 0.6 is 0 Å². The van der Waals surface area contributed by atoms with Crippen LogP contribution in [0, 0.1) is 0 Å². The van der Waals surface area contributed by atoms with E-state index in [1.54, 1.807) is 19.4 Å². The molecule has 2 aromatic rings. The minimum Gasteiger partial charge on any atom is -0.481 e. The van der Waals surface area contributed by atoms with Gasteiger partial charge in [-0.1, -0.05) is 0 Å². The average molecular weight is 302 g/mol. The second kappa shape index (κ2) is 6.31. The highest BCUT2D eigenvalue weighted by Gasteiger charge is 2.26. The standard InChI is InChI=1S/C15H22N6O/c1-12-10-21(15-17-5-4-14(18-15)22-3)9-8-20(12)11-13-16-6-7-19(13)2/h4-7,12H,8-11H2,1-3H3/t12-/m1/s1. The van der Waals surface area contributed by atoms with Crippen molar-refractivity contribution in [3.8, 4) is 5.88 Å². The van der Waals surface area contributed by atoms with Crippen molar-refractivity contribution in [1.82, 2.24) is 24.4 Å². The molecule has 7 nitrogen and oxygen atoms in total. The average Bonchev–Trinajstić information content (AvgIpc) is 2.94. The zero-order valence-electron chi connectivity index (χ0n) is 13.3. The Morgan fingerprint density at radius 3 is 2.82 bits per heavy atom. The van der Waals surface area contributed by atoms with Gasteiger partial charge in [-0.3, -0.25) is 4.90 Å². The van der Waals surface area contributed by atoms with Gasteiger partial charge in [0.2, 0.25) is 11.8 Å². The summed E-state index contributed by atoms with van der Waals surface area (Å²) in [6.45, 7) is 5.88. The molecule has 118 valence electrons. The van der Waals surface area contributed by atoms with Crippen LogP contribution in [0.3, 0.4) is 0 Å². The van der Waals surface area contributed by atoms with Crippen LogP contribution in [0.25, 0.3) is 0 Å². The Balaban J connectivity index is 1.65. The molecule has 2 aromatic heterocycles. The van der Waals surface area contributed by atoms with Gasteiger partial charge in [-0.15, -0.1) is 0 Å². The maximum absolute atomic E-state index is 5.18. The number of piperazine rings is 1. The molecule has 3 heterocycles. The van der Waals surface area contributed by atoms with Crippen molar-refractivity contribution in [1.29, 1.82) is 0 Å². The molecule has 0 aliphatic carbocycles. The fourth-order valence-electron chi connectivity index (χ4n) is 2.74. The number of hydrogen-bond acceptors (Lipinski definition) is 6. The molecular weight excluding hydrogens is 280 g/mol. The summed E-state index contributed by atoms with van der Waals surface area (Å²) in [5.74, 6) is 2.44. The van der Waals surface area contributed by atoms with Crippen molar-refractivity contribution in [3.05, 3.63) is 30.5 Å². The topological polar surface area (TPSA) is 59.3 Å². The third-order valence-corrected chi connectivity index (χ3v) is 4.14. The molecule has 3 rings (SSSR count). The van der Waals surface area contributed by atoms with Crippen LogP contribution in [0.15, 0.2) is 24.7 Å². The van der Waals surface area contributed by atoms with E-state index < -0.39 is 0 Å². The molecule has 0 saturated carbocycles. The summed E-state index contributed by atoms with van der Waals surface area (Å²) in [5, 5.41) is 0. The molecule has 0 amide bonds. The van der Waals surface area contributed by atoms with Crippen LogP contribution < -0.4 is 9.64 Å². The molecule has 0 spiro atoms. The number of hydrogen-bond donors (Lipinski definition) is 0. The molecule has 0 N–H and O–H groups in total. The zero-order chi connectivity index (χ0) is 15.5. The van der Waals surface area contributed by atoms with E-state index >= 15 is 0 Å². The smallest absolute Gasteiger partial charge is 0.228 e. The summed E-state index contributed by atoms with van der Waals surface area (Å²) in [6, 6.07) is 2.19. The molecule has 1 saturated heterocycles. The molecule has 0 radical (unpaired) electrons. The number of nitrogens with zero attached hydrogens (tertiary/aromatic N) is 6. The Morgan fingerprint density at radius 1 is 1.27 bits per heavy atom. The van der Waals surface area contributed by atoms with Gasteiger partial charge >= 0.3 is 0 Å². The fraction of sp³-hybridized carbons (Fsp3) is 0.533. The maximum atomic E-state index is 5.18. The third-order valence-electron chi connectivity index (χ3n) is 4.14. The highest BCUT2D eigenvalue weighted by Crippen LogP contribution is 2.18.